The lowest BCUT2D eigenvalue weighted by atomic mass is 9.99. The molecule has 2 rings (SSSR count). The zero-order valence-corrected chi connectivity index (χ0v) is 11.8. The fourth-order valence-electron chi connectivity index (χ4n) is 1.67. The summed E-state index contributed by atoms with van der Waals surface area (Å²) in [5, 5.41) is 0.759. The van der Waals surface area contributed by atoms with E-state index in [0.717, 1.165) is 26.2 Å². The summed E-state index contributed by atoms with van der Waals surface area (Å²) < 4.78 is 1.05. The maximum absolute atomic E-state index is 6.21. The highest BCUT2D eigenvalue weighted by Crippen LogP contribution is 2.25. The Morgan fingerprint density at radius 3 is 2.24 bits per heavy atom. The minimum Gasteiger partial charge on any atom is -0.320 e. The highest BCUT2D eigenvalue weighted by molar-refractivity contribution is 9.10. The summed E-state index contributed by atoms with van der Waals surface area (Å²) in [4.78, 5) is 0. The number of halogens is 2. The van der Waals surface area contributed by atoms with Gasteiger partial charge in [-0.15, -0.1) is 0 Å². The minimum atomic E-state index is -0.138. The van der Waals surface area contributed by atoms with Gasteiger partial charge in [0.05, 0.1) is 6.04 Å². The van der Waals surface area contributed by atoms with Crippen LogP contribution in [0.4, 0.5) is 0 Å². The third kappa shape index (κ3) is 2.89. The average molecular weight is 311 g/mol. The second-order valence-corrected chi connectivity index (χ2v) is 5.36. The van der Waals surface area contributed by atoms with E-state index in [4.69, 9.17) is 17.3 Å². The van der Waals surface area contributed by atoms with E-state index in [2.05, 4.69) is 15.9 Å². The van der Waals surface area contributed by atoms with Crippen LogP contribution in [0.25, 0.3) is 0 Å². The molecule has 0 saturated heterocycles. The molecule has 1 unspecified atom stereocenters. The summed E-state index contributed by atoms with van der Waals surface area (Å²) in [6.45, 7) is 1.98. The predicted octanol–water partition coefficient (Wildman–Crippen LogP) is 4.46. The molecule has 0 aromatic heterocycles. The van der Waals surface area contributed by atoms with Crippen molar-refractivity contribution >= 4 is 27.5 Å². The van der Waals surface area contributed by atoms with Gasteiger partial charge in [0, 0.05) is 9.50 Å². The summed E-state index contributed by atoms with van der Waals surface area (Å²) in [5.41, 5.74) is 9.39. The van der Waals surface area contributed by atoms with Gasteiger partial charge in [0.2, 0.25) is 0 Å². The molecule has 1 nitrogen and oxygen atoms in total. The van der Waals surface area contributed by atoms with Crippen LogP contribution in [0, 0.1) is 6.92 Å². The third-order valence-corrected chi connectivity index (χ3v) is 3.72. The fraction of sp³-hybridized carbons (Fsp3) is 0.143. The van der Waals surface area contributed by atoms with Crippen LogP contribution in [-0.2, 0) is 0 Å². The second-order valence-electron chi connectivity index (χ2n) is 4.04. The molecule has 1 atom stereocenters. The molecule has 2 aromatic carbocycles. The van der Waals surface area contributed by atoms with Gasteiger partial charge in [0.15, 0.2) is 0 Å². The van der Waals surface area contributed by atoms with E-state index in [1.54, 1.807) is 0 Å². The van der Waals surface area contributed by atoms with Crippen LogP contribution < -0.4 is 5.73 Å². The molecule has 0 aliphatic carbocycles. The normalized spacial score (nSPS) is 12.5. The zero-order chi connectivity index (χ0) is 12.4. The lowest BCUT2D eigenvalue weighted by molar-refractivity contribution is 0.870. The van der Waals surface area contributed by atoms with Gasteiger partial charge in [-0.3, -0.25) is 0 Å². The first-order chi connectivity index (χ1) is 8.08. The number of rotatable bonds is 2. The quantitative estimate of drug-likeness (QED) is 0.871. The third-order valence-electron chi connectivity index (χ3n) is 2.78. The first kappa shape index (κ1) is 12.6. The van der Waals surface area contributed by atoms with Gasteiger partial charge < -0.3 is 5.73 Å². The Bertz CT molecular complexity index is 522. The van der Waals surface area contributed by atoms with Crippen LogP contribution >= 0.6 is 27.5 Å². The smallest absolute Gasteiger partial charge is 0.0552 e. The summed E-state index contributed by atoms with van der Waals surface area (Å²) in [7, 11) is 0. The Hall–Kier alpha value is -0.830. The largest absolute Gasteiger partial charge is 0.320 e. The number of benzene rings is 2. The Balaban J connectivity index is 2.33. The molecule has 0 aliphatic heterocycles. The van der Waals surface area contributed by atoms with E-state index in [9.17, 15) is 0 Å². The highest BCUT2D eigenvalue weighted by Gasteiger charge is 2.09. The molecule has 2 aromatic rings. The van der Waals surface area contributed by atoms with E-state index >= 15 is 0 Å². The van der Waals surface area contributed by atoms with Crippen molar-refractivity contribution < 1.29 is 0 Å². The lowest BCUT2D eigenvalue weighted by Crippen LogP contribution is -2.11. The van der Waals surface area contributed by atoms with Gasteiger partial charge in [-0.05, 0) is 41.8 Å². The van der Waals surface area contributed by atoms with Crippen LogP contribution in [0.2, 0.25) is 5.02 Å². The number of hydrogen-bond donors (Lipinski definition) is 1. The predicted molar refractivity (Wildman–Crippen MR) is 76.4 cm³/mol. The molecule has 0 spiro atoms. The van der Waals surface area contributed by atoms with Crippen molar-refractivity contribution in [1.29, 1.82) is 0 Å². The SMILES string of the molecule is Cc1ccc(C(N)c2ccc(Br)cc2)cc1Cl. The summed E-state index contributed by atoms with van der Waals surface area (Å²) in [6.07, 6.45) is 0. The topological polar surface area (TPSA) is 26.0 Å². The molecule has 2 N–H and O–H groups in total. The van der Waals surface area contributed by atoms with Gasteiger partial charge in [-0.2, -0.15) is 0 Å². The second kappa shape index (κ2) is 5.21. The maximum Gasteiger partial charge on any atom is 0.0552 e. The standard InChI is InChI=1S/C14H13BrClN/c1-9-2-3-11(8-13(9)16)14(17)10-4-6-12(15)7-5-10/h2-8,14H,17H2,1H3. The molecule has 0 radical (unpaired) electrons. The molecule has 0 heterocycles. The Morgan fingerprint density at radius 1 is 1.06 bits per heavy atom. The van der Waals surface area contributed by atoms with Crippen LogP contribution in [0.1, 0.15) is 22.7 Å². The van der Waals surface area contributed by atoms with Gasteiger partial charge >= 0.3 is 0 Å². The lowest BCUT2D eigenvalue weighted by Gasteiger charge is -2.13. The molecule has 0 fully saturated rings. The monoisotopic (exact) mass is 309 g/mol. The molecule has 88 valence electrons. The molecule has 0 aliphatic rings. The van der Waals surface area contributed by atoms with Gasteiger partial charge in [-0.25, -0.2) is 0 Å². The van der Waals surface area contributed by atoms with Crippen LogP contribution in [0.15, 0.2) is 46.9 Å². The van der Waals surface area contributed by atoms with Gasteiger partial charge in [-0.1, -0.05) is 51.8 Å². The van der Waals surface area contributed by atoms with E-state index in [-0.39, 0.29) is 6.04 Å². The molecule has 0 bridgehead atoms. The first-order valence-electron chi connectivity index (χ1n) is 5.35. The first-order valence-corrected chi connectivity index (χ1v) is 6.52. The number of aryl methyl sites for hydroxylation is 1. The van der Waals surface area contributed by atoms with E-state index in [1.807, 2.05) is 49.4 Å². The summed E-state index contributed by atoms with van der Waals surface area (Å²) in [5.74, 6) is 0. The highest BCUT2D eigenvalue weighted by atomic mass is 79.9. The van der Waals surface area contributed by atoms with E-state index < -0.39 is 0 Å². The summed E-state index contributed by atoms with van der Waals surface area (Å²) in [6, 6.07) is 13.8. The van der Waals surface area contributed by atoms with Crippen molar-refractivity contribution in [3.8, 4) is 0 Å². The zero-order valence-electron chi connectivity index (χ0n) is 9.45. The molecular formula is C14H13BrClN. The van der Waals surface area contributed by atoms with E-state index in [1.165, 1.54) is 0 Å². The van der Waals surface area contributed by atoms with Gasteiger partial charge in [0.25, 0.3) is 0 Å². The molecule has 0 saturated carbocycles. The van der Waals surface area contributed by atoms with Crippen molar-refractivity contribution in [2.24, 2.45) is 5.73 Å². The maximum atomic E-state index is 6.21. The fourth-order valence-corrected chi connectivity index (χ4v) is 2.12. The van der Waals surface area contributed by atoms with Crippen LogP contribution in [0.3, 0.4) is 0 Å². The molecule has 0 amide bonds. The van der Waals surface area contributed by atoms with E-state index in [0.29, 0.717) is 0 Å². The Morgan fingerprint density at radius 2 is 1.65 bits per heavy atom. The molecule has 3 heteroatoms. The Kier molecular flexibility index (Phi) is 3.87. The molecule has 17 heavy (non-hydrogen) atoms. The van der Waals surface area contributed by atoms with Crippen molar-refractivity contribution in [2.45, 2.75) is 13.0 Å². The van der Waals surface area contributed by atoms with Crippen molar-refractivity contribution in [3.05, 3.63) is 68.7 Å². The summed E-state index contributed by atoms with van der Waals surface area (Å²) >= 11 is 9.52. The van der Waals surface area contributed by atoms with Crippen molar-refractivity contribution in [2.75, 3.05) is 0 Å². The van der Waals surface area contributed by atoms with Crippen LogP contribution in [-0.4, -0.2) is 0 Å². The van der Waals surface area contributed by atoms with Crippen molar-refractivity contribution in [1.82, 2.24) is 0 Å². The van der Waals surface area contributed by atoms with Crippen LogP contribution in [0.5, 0.6) is 0 Å². The number of hydrogen-bond acceptors (Lipinski definition) is 1. The van der Waals surface area contributed by atoms with Crippen molar-refractivity contribution in [3.63, 3.8) is 0 Å². The average Bonchev–Trinajstić information content (AvgIpc) is 2.33. The molecular weight excluding hydrogens is 298 g/mol. The number of nitrogens with two attached hydrogens (primary N) is 1. The minimum absolute atomic E-state index is 0.138. The van der Waals surface area contributed by atoms with Gasteiger partial charge in [0.1, 0.15) is 0 Å². The Labute approximate surface area is 115 Å².